The molecule has 7 heteroatoms. The Kier molecular flexibility index (Phi) is 4.18. The Morgan fingerprint density at radius 2 is 2.26 bits per heavy atom. The molecule has 0 spiro atoms. The molecule has 19 heavy (non-hydrogen) atoms. The van der Waals surface area contributed by atoms with Gasteiger partial charge in [-0.2, -0.15) is 5.10 Å². The molecule has 0 radical (unpaired) electrons. The molecule has 1 saturated heterocycles. The van der Waals surface area contributed by atoms with Gasteiger partial charge >= 0.3 is 5.97 Å². The molecule has 0 bridgehead atoms. The van der Waals surface area contributed by atoms with E-state index in [-0.39, 0.29) is 5.56 Å². The van der Waals surface area contributed by atoms with Crippen LogP contribution in [0.5, 0.6) is 0 Å². The second kappa shape index (κ2) is 5.68. The van der Waals surface area contributed by atoms with E-state index >= 15 is 0 Å². The van der Waals surface area contributed by atoms with Gasteiger partial charge in [-0.3, -0.25) is 4.68 Å². The minimum Gasteiger partial charge on any atom is -0.478 e. The Labute approximate surface area is 111 Å². The molecule has 0 unspecified atom stereocenters. The number of aromatic carboxylic acids is 1. The Hall–Kier alpha value is -1.44. The smallest absolute Gasteiger partial charge is 0.339 e. The third kappa shape index (κ3) is 3.31. The molecule has 3 N–H and O–H groups in total. The Bertz CT molecular complexity index is 452. The average Bonchev–Trinajstić information content (AvgIpc) is 2.72. The van der Waals surface area contributed by atoms with Crippen LogP contribution in [0.3, 0.4) is 0 Å². The van der Waals surface area contributed by atoms with Crippen LogP contribution in [-0.2, 0) is 18.3 Å². The van der Waals surface area contributed by atoms with Crippen molar-refractivity contribution in [2.75, 3.05) is 19.8 Å². The van der Waals surface area contributed by atoms with E-state index in [1.54, 1.807) is 7.05 Å². The van der Waals surface area contributed by atoms with Crippen molar-refractivity contribution in [3.63, 3.8) is 0 Å². The first kappa shape index (κ1) is 14.0. The molecular formula is C12H19N3O4. The highest BCUT2D eigenvalue weighted by Gasteiger charge is 2.29. The zero-order valence-corrected chi connectivity index (χ0v) is 10.9. The maximum atomic E-state index is 11.0. The predicted molar refractivity (Wildman–Crippen MR) is 66.9 cm³/mol. The minimum absolute atomic E-state index is 0.189. The number of nitrogens with zero attached hydrogens (tertiary/aromatic N) is 2. The second-order valence-electron chi connectivity index (χ2n) is 4.87. The number of aromatic nitrogens is 2. The second-order valence-corrected chi connectivity index (χ2v) is 4.87. The number of carboxylic acids is 1. The van der Waals surface area contributed by atoms with Gasteiger partial charge in [-0.25, -0.2) is 4.79 Å². The number of nitrogens with one attached hydrogen (secondary N) is 1. The van der Waals surface area contributed by atoms with Crippen molar-refractivity contribution in [1.82, 2.24) is 15.1 Å². The summed E-state index contributed by atoms with van der Waals surface area (Å²) in [5.74, 6) is -0.991. The predicted octanol–water partition coefficient (Wildman–Crippen LogP) is -0.251. The molecule has 7 nitrogen and oxygen atoms in total. The molecule has 1 fully saturated rings. The van der Waals surface area contributed by atoms with E-state index < -0.39 is 11.6 Å². The molecular weight excluding hydrogens is 250 g/mol. The summed E-state index contributed by atoms with van der Waals surface area (Å²) in [5.41, 5.74) is 0.0253. The Balaban J connectivity index is 1.92. The van der Waals surface area contributed by atoms with Crippen LogP contribution < -0.4 is 5.32 Å². The number of ether oxygens (including phenoxy) is 1. The van der Waals surface area contributed by atoms with Crippen molar-refractivity contribution in [1.29, 1.82) is 0 Å². The number of rotatable bonds is 5. The highest BCUT2D eigenvalue weighted by molar-refractivity contribution is 5.88. The number of hydrogen-bond acceptors (Lipinski definition) is 5. The van der Waals surface area contributed by atoms with Gasteiger partial charge in [0.2, 0.25) is 0 Å². The molecule has 0 aromatic carbocycles. The van der Waals surface area contributed by atoms with E-state index in [2.05, 4.69) is 10.4 Å². The van der Waals surface area contributed by atoms with E-state index in [0.29, 0.717) is 44.8 Å². The lowest BCUT2D eigenvalue weighted by Gasteiger charge is -2.32. The summed E-state index contributed by atoms with van der Waals surface area (Å²) in [6.45, 7) is 1.90. The SMILES string of the molecule is Cn1ncc(C(=O)O)c1CNCC1(O)CCOCC1. The van der Waals surface area contributed by atoms with Crippen LogP contribution in [0.15, 0.2) is 6.20 Å². The van der Waals surface area contributed by atoms with Crippen LogP contribution in [-0.4, -0.2) is 51.3 Å². The van der Waals surface area contributed by atoms with Crippen LogP contribution in [0.25, 0.3) is 0 Å². The summed E-state index contributed by atoms with van der Waals surface area (Å²) < 4.78 is 6.74. The number of carbonyl (C=O) groups is 1. The van der Waals surface area contributed by atoms with Crippen molar-refractivity contribution < 1.29 is 19.7 Å². The van der Waals surface area contributed by atoms with Crippen molar-refractivity contribution in [3.05, 3.63) is 17.5 Å². The van der Waals surface area contributed by atoms with Gasteiger partial charge < -0.3 is 20.3 Å². The topological polar surface area (TPSA) is 96.6 Å². The van der Waals surface area contributed by atoms with Crippen LogP contribution in [0.2, 0.25) is 0 Å². The molecule has 2 rings (SSSR count). The zero-order valence-electron chi connectivity index (χ0n) is 10.9. The molecule has 1 aliphatic heterocycles. The minimum atomic E-state index is -0.991. The summed E-state index contributed by atoms with van der Waals surface area (Å²) in [4.78, 5) is 11.0. The average molecular weight is 269 g/mol. The van der Waals surface area contributed by atoms with Crippen molar-refractivity contribution in [3.8, 4) is 0 Å². The molecule has 1 aromatic rings. The monoisotopic (exact) mass is 269 g/mol. The number of carboxylic acid groups (broad SMARTS) is 1. The van der Waals surface area contributed by atoms with E-state index in [1.165, 1.54) is 10.9 Å². The van der Waals surface area contributed by atoms with E-state index in [0.717, 1.165) is 0 Å². The Morgan fingerprint density at radius 1 is 1.58 bits per heavy atom. The van der Waals surface area contributed by atoms with Gasteiger partial charge in [0.05, 0.1) is 17.5 Å². The number of hydrogen-bond donors (Lipinski definition) is 3. The standard InChI is InChI=1S/C12H19N3O4/c1-15-10(9(6-14-15)11(16)17)7-13-8-12(18)2-4-19-5-3-12/h6,13,18H,2-5,7-8H2,1H3,(H,16,17). The van der Waals surface area contributed by atoms with Crippen LogP contribution in [0.1, 0.15) is 28.9 Å². The van der Waals surface area contributed by atoms with E-state index in [4.69, 9.17) is 9.84 Å². The first-order chi connectivity index (χ1) is 9.02. The molecule has 2 heterocycles. The fourth-order valence-electron chi connectivity index (χ4n) is 2.19. The van der Waals surface area contributed by atoms with Gasteiger partial charge in [0.1, 0.15) is 5.56 Å². The highest BCUT2D eigenvalue weighted by Crippen LogP contribution is 2.19. The van der Waals surface area contributed by atoms with Crippen molar-refractivity contribution in [2.45, 2.75) is 25.0 Å². The van der Waals surface area contributed by atoms with Crippen LogP contribution >= 0.6 is 0 Å². The molecule has 1 aromatic heterocycles. The lowest BCUT2D eigenvalue weighted by atomic mass is 9.94. The summed E-state index contributed by atoms with van der Waals surface area (Å²) in [6, 6.07) is 0. The summed E-state index contributed by atoms with van der Waals surface area (Å²) in [6.07, 6.45) is 2.52. The summed E-state index contributed by atoms with van der Waals surface area (Å²) >= 11 is 0. The quantitative estimate of drug-likeness (QED) is 0.682. The molecule has 0 saturated carbocycles. The maximum Gasteiger partial charge on any atom is 0.339 e. The van der Waals surface area contributed by atoms with Gasteiger partial charge in [-0.05, 0) is 0 Å². The van der Waals surface area contributed by atoms with Crippen LogP contribution in [0, 0.1) is 0 Å². The molecule has 106 valence electrons. The maximum absolute atomic E-state index is 11.0. The third-order valence-electron chi connectivity index (χ3n) is 3.46. The lowest BCUT2D eigenvalue weighted by molar-refractivity contribution is -0.0617. The largest absolute Gasteiger partial charge is 0.478 e. The summed E-state index contributed by atoms with van der Waals surface area (Å²) in [5, 5.41) is 26.3. The molecule has 0 amide bonds. The third-order valence-corrected chi connectivity index (χ3v) is 3.46. The Morgan fingerprint density at radius 3 is 2.89 bits per heavy atom. The van der Waals surface area contributed by atoms with Gasteiger partial charge in [0.25, 0.3) is 0 Å². The van der Waals surface area contributed by atoms with Crippen LogP contribution in [0.4, 0.5) is 0 Å². The first-order valence-electron chi connectivity index (χ1n) is 6.27. The molecule has 0 aliphatic carbocycles. The lowest BCUT2D eigenvalue weighted by Crippen LogP contribution is -2.45. The zero-order chi connectivity index (χ0) is 13.9. The van der Waals surface area contributed by atoms with Crippen molar-refractivity contribution >= 4 is 5.97 Å². The van der Waals surface area contributed by atoms with Crippen molar-refractivity contribution in [2.24, 2.45) is 7.05 Å². The highest BCUT2D eigenvalue weighted by atomic mass is 16.5. The number of aliphatic hydroxyl groups is 1. The molecule has 0 atom stereocenters. The van der Waals surface area contributed by atoms with E-state index in [1.807, 2.05) is 0 Å². The van der Waals surface area contributed by atoms with E-state index in [9.17, 15) is 9.90 Å². The van der Waals surface area contributed by atoms with Gasteiger partial charge in [-0.1, -0.05) is 0 Å². The van der Waals surface area contributed by atoms with Gasteiger partial charge in [0.15, 0.2) is 0 Å². The number of aryl methyl sites for hydroxylation is 1. The van der Waals surface area contributed by atoms with Gasteiger partial charge in [-0.15, -0.1) is 0 Å². The fraction of sp³-hybridized carbons (Fsp3) is 0.667. The fourth-order valence-corrected chi connectivity index (χ4v) is 2.19. The first-order valence-corrected chi connectivity index (χ1v) is 6.27. The normalized spacial score (nSPS) is 18.4. The van der Waals surface area contributed by atoms with Gasteiger partial charge in [0, 0.05) is 46.2 Å². The molecule has 1 aliphatic rings. The summed E-state index contributed by atoms with van der Waals surface area (Å²) in [7, 11) is 1.70.